The third kappa shape index (κ3) is 2.96. The minimum Gasteiger partial charge on any atom is -0.383 e. The van der Waals surface area contributed by atoms with E-state index >= 15 is 0 Å². The van der Waals surface area contributed by atoms with Crippen molar-refractivity contribution < 1.29 is 0 Å². The molecule has 1 aromatic heterocycles. The Morgan fingerprint density at radius 2 is 1.86 bits per heavy atom. The Morgan fingerprint density at radius 3 is 2.62 bits per heavy atom. The number of halogens is 1. The van der Waals surface area contributed by atoms with Crippen molar-refractivity contribution in [2.24, 2.45) is 0 Å². The maximum absolute atomic E-state index is 5.81. The monoisotopic (exact) mass is 360 g/mol. The smallest absolute Gasteiger partial charge is 0.191 e. The third-order valence-electron chi connectivity index (χ3n) is 3.04. The molecule has 0 unspecified atom stereocenters. The van der Waals surface area contributed by atoms with E-state index in [-0.39, 0.29) is 0 Å². The Kier molecular flexibility index (Phi) is 3.98. The first kappa shape index (κ1) is 14.2. The molecule has 0 aliphatic carbocycles. The van der Waals surface area contributed by atoms with Gasteiger partial charge < -0.3 is 11.1 Å². The summed E-state index contributed by atoms with van der Waals surface area (Å²) >= 11 is 5.04. The lowest BCUT2D eigenvalue weighted by Crippen LogP contribution is -2.00. The van der Waals surface area contributed by atoms with Gasteiger partial charge in [0.25, 0.3) is 0 Å². The molecule has 3 rings (SSSR count). The van der Waals surface area contributed by atoms with Gasteiger partial charge in [-0.25, -0.2) is 9.97 Å². The fraction of sp³-hybridized carbons (Fsp3) is 0.0667. The van der Waals surface area contributed by atoms with Crippen molar-refractivity contribution in [3.05, 3.63) is 46.9 Å². The molecule has 0 aliphatic rings. The molecule has 3 aromatic rings. The van der Waals surface area contributed by atoms with Crippen LogP contribution in [0.5, 0.6) is 0 Å². The van der Waals surface area contributed by atoms with Crippen LogP contribution < -0.4 is 11.1 Å². The van der Waals surface area contributed by atoms with Crippen molar-refractivity contribution in [2.75, 3.05) is 17.3 Å². The van der Waals surface area contributed by atoms with Gasteiger partial charge in [0.2, 0.25) is 0 Å². The fourth-order valence-corrected chi connectivity index (χ4v) is 2.97. The van der Waals surface area contributed by atoms with E-state index in [0.29, 0.717) is 16.8 Å². The highest BCUT2D eigenvalue weighted by atomic mass is 79.9. The molecule has 0 fully saturated rings. The summed E-state index contributed by atoms with van der Waals surface area (Å²) < 4.78 is 1.07. The van der Waals surface area contributed by atoms with Crippen molar-refractivity contribution in [1.82, 2.24) is 9.97 Å². The van der Waals surface area contributed by atoms with Gasteiger partial charge in [0.1, 0.15) is 11.6 Å². The second-order valence-corrected chi connectivity index (χ2v) is 6.06. The summed E-state index contributed by atoms with van der Waals surface area (Å²) in [4.78, 5) is 8.58. The van der Waals surface area contributed by atoms with Gasteiger partial charge in [-0.2, -0.15) is 0 Å². The minimum atomic E-state index is 0.457. The number of nitrogen functional groups attached to an aromatic ring is 1. The number of hydrogen-bond donors (Lipinski definition) is 2. The number of hydrogen-bond acceptors (Lipinski definition) is 5. The molecule has 6 heteroatoms. The highest BCUT2D eigenvalue weighted by molar-refractivity contribution is 9.10. The van der Waals surface area contributed by atoms with Crippen LogP contribution in [-0.2, 0) is 0 Å². The average Bonchev–Trinajstić information content (AvgIpc) is 2.50. The van der Waals surface area contributed by atoms with Crippen LogP contribution in [0, 0.1) is 0 Å². The molecule has 0 radical (unpaired) electrons. The van der Waals surface area contributed by atoms with Gasteiger partial charge in [0.15, 0.2) is 5.16 Å². The number of rotatable bonds is 3. The van der Waals surface area contributed by atoms with Crippen LogP contribution in [0.3, 0.4) is 0 Å². The van der Waals surface area contributed by atoms with Crippen molar-refractivity contribution in [1.29, 1.82) is 0 Å². The molecule has 106 valence electrons. The van der Waals surface area contributed by atoms with Crippen LogP contribution in [-0.4, -0.2) is 16.2 Å². The molecule has 0 bridgehead atoms. The Bertz CT molecular complexity index is 807. The summed E-state index contributed by atoms with van der Waals surface area (Å²) in [6.07, 6.45) is 1.92. The van der Waals surface area contributed by atoms with Gasteiger partial charge in [-0.1, -0.05) is 52.0 Å². The molecule has 0 spiro atoms. The predicted octanol–water partition coefficient (Wildman–Crippen LogP) is 4.44. The number of thioether (sulfide) groups is 1. The zero-order valence-corrected chi connectivity index (χ0v) is 13.7. The molecule has 4 nitrogen and oxygen atoms in total. The minimum absolute atomic E-state index is 0.457. The van der Waals surface area contributed by atoms with Crippen LogP contribution in [0.4, 0.5) is 17.3 Å². The Morgan fingerprint density at radius 1 is 1.10 bits per heavy atom. The molecule has 0 aliphatic heterocycles. The van der Waals surface area contributed by atoms with Crippen LogP contribution in [0.25, 0.3) is 10.8 Å². The van der Waals surface area contributed by atoms with Crippen LogP contribution >= 0.6 is 27.7 Å². The summed E-state index contributed by atoms with van der Waals surface area (Å²) in [6.45, 7) is 0. The first-order valence-electron chi connectivity index (χ1n) is 6.30. The van der Waals surface area contributed by atoms with E-state index in [9.17, 15) is 0 Å². The lowest BCUT2D eigenvalue weighted by Gasteiger charge is -2.11. The van der Waals surface area contributed by atoms with E-state index in [0.717, 1.165) is 20.9 Å². The predicted molar refractivity (Wildman–Crippen MR) is 93.2 cm³/mol. The molecular formula is C15H13BrN4S. The zero-order valence-electron chi connectivity index (χ0n) is 11.3. The van der Waals surface area contributed by atoms with E-state index in [4.69, 9.17) is 5.73 Å². The second-order valence-electron chi connectivity index (χ2n) is 4.43. The molecule has 3 N–H and O–H groups in total. The van der Waals surface area contributed by atoms with E-state index in [1.165, 1.54) is 11.8 Å². The summed E-state index contributed by atoms with van der Waals surface area (Å²) in [5.41, 5.74) is 6.80. The molecular weight excluding hydrogens is 348 g/mol. The maximum atomic E-state index is 5.81. The van der Waals surface area contributed by atoms with Crippen molar-refractivity contribution >= 4 is 55.8 Å². The van der Waals surface area contributed by atoms with E-state index in [2.05, 4.69) is 43.3 Å². The number of nitrogens with two attached hydrogens (primary N) is 1. The summed E-state index contributed by atoms with van der Waals surface area (Å²) in [7, 11) is 0. The van der Waals surface area contributed by atoms with Crippen molar-refractivity contribution in [2.45, 2.75) is 5.16 Å². The van der Waals surface area contributed by atoms with E-state index in [1.807, 2.05) is 30.5 Å². The molecule has 1 heterocycles. The highest BCUT2D eigenvalue weighted by Gasteiger charge is 2.07. The zero-order chi connectivity index (χ0) is 14.8. The summed E-state index contributed by atoms with van der Waals surface area (Å²) in [5, 5.41) is 6.24. The molecule has 2 aromatic carbocycles. The van der Waals surface area contributed by atoms with E-state index in [1.54, 1.807) is 6.07 Å². The lowest BCUT2D eigenvalue weighted by atomic mass is 10.1. The first-order valence-corrected chi connectivity index (χ1v) is 8.32. The Balaban J connectivity index is 2.06. The average molecular weight is 361 g/mol. The van der Waals surface area contributed by atoms with Gasteiger partial charge in [-0.3, -0.25) is 0 Å². The quantitative estimate of drug-likeness (QED) is 0.533. The largest absolute Gasteiger partial charge is 0.383 e. The van der Waals surface area contributed by atoms with E-state index < -0.39 is 0 Å². The number of nitrogens with one attached hydrogen (secondary N) is 1. The molecule has 21 heavy (non-hydrogen) atoms. The molecule has 0 amide bonds. The number of nitrogens with zero attached hydrogens (tertiary/aromatic N) is 2. The summed E-state index contributed by atoms with van der Waals surface area (Å²) in [5.74, 6) is 1.15. The lowest BCUT2D eigenvalue weighted by molar-refractivity contribution is 0.985. The van der Waals surface area contributed by atoms with Gasteiger partial charge in [0.05, 0.1) is 0 Å². The van der Waals surface area contributed by atoms with Crippen LogP contribution in [0.15, 0.2) is 52.1 Å². The standard InChI is InChI=1S/C15H13BrN4S/c1-21-15-19-13(17)8-14(20-15)18-12-7-6-11(16)9-4-2-3-5-10(9)12/h2-8H,1H3,(H3,17,18,19,20). The third-order valence-corrected chi connectivity index (χ3v) is 4.28. The molecule has 0 saturated carbocycles. The highest BCUT2D eigenvalue weighted by Crippen LogP contribution is 2.31. The Labute approximate surface area is 135 Å². The number of benzene rings is 2. The summed E-state index contributed by atoms with van der Waals surface area (Å²) in [6, 6.07) is 14.0. The van der Waals surface area contributed by atoms with Crippen molar-refractivity contribution in [3.8, 4) is 0 Å². The first-order chi connectivity index (χ1) is 10.2. The molecule has 0 saturated heterocycles. The van der Waals surface area contributed by atoms with Gasteiger partial charge >= 0.3 is 0 Å². The SMILES string of the molecule is CSc1nc(N)cc(Nc2ccc(Br)c3ccccc23)n1. The van der Waals surface area contributed by atoms with Crippen molar-refractivity contribution in [3.63, 3.8) is 0 Å². The topological polar surface area (TPSA) is 63.8 Å². The maximum Gasteiger partial charge on any atom is 0.191 e. The normalized spacial score (nSPS) is 10.8. The Hall–Kier alpha value is -1.79. The number of fused-ring (bicyclic) bond motifs is 1. The molecule has 0 atom stereocenters. The van der Waals surface area contributed by atoms with Crippen LogP contribution in [0.2, 0.25) is 0 Å². The second kappa shape index (κ2) is 5.91. The van der Waals surface area contributed by atoms with Gasteiger partial charge in [-0.05, 0) is 23.8 Å². The number of anilines is 3. The van der Waals surface area contributed by atoms with Gasteiger partial charge in [-0.15, -0.1) is 0 Å². The fourth-order valence-electron chi connectivity index (χ4n) is 2.11. The van der Waals surface area contributed by atoms with Crippen LogP contribution in [0.1, 0.15) is 0 Å². The van der Waals surface area contributed by atoms with Gasteiger partial charge in [0, 0.05) is 21.6 Å². The number of aromatic nitrogens is 2.